The predicted octanol–water partition coefficient (Wildman–Crippen LogP) is 11.6. The molecule has 0 heterocycles. The van der Waals surface area contributed by atoms with E-state index in [1.807, 2.05) is 5.30 Å². The van der Waals surface area contributed by atoms with E-state index in [1.54, 1.807) is 82.4 Å². The molecule has 2 aromatic rings. The monoisotopic (exact) mass is 682 g/mol. The number of rotatable bonds is 6. The second kappa shape index (κ2) is 13.4. The van der Waals surface area contributed by atoms with Crippen LogP contribution in [-0.4, -0.2) is 21.6 Å². The fourth-order valence-corrected chi connectivity index (χ4v) is 23.2. The van der Waals surface area contributed by atoms with E-state index in [4.69, 9.17) is 0 Å². The molecule has 8 bridgehead atoms. The van der Waals surface area contributed by atoms with Gasteiger partial charge in [0.15, 0.2) is 0 Å². The molecule has 2 aromatic carbocycles. The van der Waals surface area contributed by atoms with Gasteiger partial charge in [-0.15, -0.1) is 26.5 Å². The van der Waals surface area contributed by atoms with Gasteiger partial charge in [-0.1, -0.05) is 38.5 Å². The molecule has 0 amide bonds. The second-order valence-corrected chi connectivity index (χ2v) is 23.8. The van der Waals surface area contributed by atoms with Gasteiger partial charge in [-0.2, -0.15) is 24.3 Å². The Labute approximate surface area is 289 Å². The van der Waals surface area contributed by atoms with Crippen LogP contribution in [0.15, 0.2) is 48.5 Å². The molecule has 0 saturated heterocycles. The molecule has 0 radical (unpaired) electrons. The fourth-order valence-electron chi connectivity index (χ4n) is 14.2. The summed E-state index contributed by atoms with van der Waals surface area (Å²) in [5.74, 6) is 6.64. The van der Waals surface area contributed by atoms with Gasteiger partial charge in [0.25, 0.3) is 0 Å². The molecule has 246 valence electrons. The third-order valence-electron chi connectivity index (χ3n) is 14.7. The smallest absolute Gasteiger partial charge is 0.213 e. The zero-order valence-corrected chi connectivity index (χ0v) is 30.9. The Kier molecular flexibility index (Phi) is 9.63. The van der Waals surface area contributed by atoms with Gasteiger partial charge in [-0.3, -0.25) is 0 Å². The first-order valence-electron chi connectivity index (χ1n) is 19.7. The molecule has 10 aliphatic rings. The van der Waals surface area contributed by atoms with Crippen molar-refractivity contribution in [3.8, 4) is 0 Å². The van der Waals surface area contributed by atoms with Crippen LogP contribution < -0.4 is 10.6 Å². The Morgan fingerprint density at radius 3 is 1.07 bits per heavy atom. The molecule has 0 unspecified atom stereocenters. The Hall–Kier alpha value is 0.0795. The van der Waals surface area contributed by atoms with Gasteiger partial charge in [-0.25, -0.2) is 24.3 Å². The molecule has 3 heteroatoms. The molecule has 0 atom stereocenters. The van der Waals surface area contributed by atoms with Gasteiger partial charge in [0.05, 0.1) is 0 Å². The van der Waals surface area contributed by atoms with Crippen molar-refractivity contribution in [2.75, 3.05) is 0 Å². The van der Waals surface area contributed by atoms with Gasteiger partial charge in [0.1, 0.15) is 0 Å². The average Bonchev–Trinajstić information content (AvgIpc) is 3.73. The minimum Gasteiger partial charge on any atom is -0.213 e. The molecule has 10 saturated carbocycles. The van der Waals surface area contributed by atoms with E-state index in [9.17, 15) is 0 Å². The van der Waals surface area contributed by atoms with Crippen LogP contribution in [0, 0.1) is 35.5 Å². The fraction of sp³-hybridized carbons (Fsp3) is 0.762. The van der Waals surface area contributed by atoms with Crippen LogP contribution >= 0.6 is 15.8 Å². The third-order valence-corrected chi connectivity index (χ3v) is 22.1. The average molecular weight is 683 g/mol. The zero-order chi connectivity index (χ0) is 29.1. The quantitative estimate of drug-likeness (QED) is 0.162. The molecule has 10 aliphatic carbocycles. The van der Waals surface area contributed by atoms with E-state index >= 15 is 0 Å². The van der Waals surface area contributed by atoms with Gasteiger partial charge in [0.2, 0.25) is 0 Å². The standard InChI is InChI=1S/C25H34P.C17H26P.Fe/c1-2-4-23(3-1)26(24-11-17-5-18(12-24)7-19(6-17)13-24)25-14-20-8-21(15-25)10-22(9-20)16-25;1-3-9-15(10-4-1)18(17-13-7-8-14-17)16-11-5-2-6-12-16;/h1-4,17-22H,5-16H2;7-8,13-16H,1-6,9-12H2;/q2*-1;+2. The van der Waals surface area contributed by atoms with E-state index < -0.39 is 0 Å². The minimum atomic E-state index is 0. The summed E-state index contributed by atoms with van der Waals surface area (Å²) in [5, 5.41) is 5.07. The van der Waals surface area contributed by atoms with Crippen LogP contribution in [0.3, 0.4) is 0 Å². The molecule has 0 aromatic heterocycles. The first-order valence-corrected chi connectivity index (χ1v) is 22.5. The van der Waals surface area contributed by atoms with Crippen LogP contribution in [0.2, 0.25) is 0 Å². The van der Waals surface area contributed by atoms with Crippen LogP contribution in [0.5, 0.6) is 0 Å². The van der Waals surface area contributed by atoms with Crippen molar-refractivity contribution < 1.29 is 17.1 Å². The topological polar surface area (TPSA) is 0 Å². The minimum absolute atomic E-state index is 0. The van der Waals surface area contributed by atoms with Crippen molar-refractivity contribution in [2.24, 2.45) is 35.5 Å². The summed E-state index contributed by atoms with van der Waals surface area (Å²) in [7, 11) is 0.178. The molecule has 45 heavy (non-hydrogen) atoms. The predicted molar refractivity (Wildman–Crippen MR) is 193 cm³/mol. The van der Waals surface area contributed by atoms with E-state index in [2.05, 4.69) is 48.5 Å². The van der Waals surface area contributed by atoms with Gasteiger partial charge >= 0.3 is 17.1 Å². The van der Waals surface area contributed by atoms with Crippen LogP contribution in [0.1, 0.15) is 141 Å². The summed E-state index contributed by atoms with van der Waals surface area (Å²) in [5.41, 5.74) is 2.11. The summed E-state index contributed by atoms with van der Waals surface area (Å²) in [6.45, 7) is 0. The van der Waals surface area contributed by atoms with Crippen LogP contribution in [0.4, 0.5) is 0 Å². The SMILES string of the molecule is [Fe+2].c1cc[c-](P(C23CC4CC(CC(C4)C2)C3)C23CC4CC(CC(C4)C2)C3)c1.c1cc[c-](P(C2CCCCC2)C2CCCCC2)c1. The maximum atomic E-state index is 2.57. The Morgan fingerprint density at radius 1 is 0.422 bits per heavy atom. The van der Waals surface area contributed by atoms with Crippen LogP contribution in [-0.2, 0) is 17.1 Å². The second-order valence-electron chi connectivity index (χ2n) is 17.9. The van der Waals surface area contributed by atoms with Gasteiger partial charge in [-0.05, 0) is 160 Å². The molecule has 0 N–H and O–H groups in total. The molecule has 10 fully saturated rings. The van der Waals surface area contributed by atoms with Gasteiger partial charge in [0, 0.05) is 0 Å². The molecule has 0 nitrogen and oxygen atoms in total. The Bertz CT molecular complexity index is 1080. The van der Waals surface area contributed by atoms with Crippen molar-refractivity contribution in [3.05, 3.63) is 48.5 Å². The van der Waals surface area contributed by atoms with Crippen molar-refractivity contribution >= 4 is 26.5 Å². The Morgan fingerprint density at radius 2 is 0.733 bits per heavy atom. The zero-order valence-electron chi connectivity index (χ0n) is 28.0. The maximum Gasteiger partial charge on any atom is 2.00 e. The van der Waals surface area contributed by atoms with E-state index in [0.717, 1.165) is 57.1 Å². The number of hydrogen-bond acceptors (Lipinski definition) is 0. The Balaban J connectivity index is 0.000000140. The maximum absolute atomic E-state index is 2.57. The summed E-state index contributed by atoms with van der Waals surface area (Å²) < 4.78 is 0. The largest absolute Gasteiger partial charge is 2.00 e. The van der Waals surface area contributed by atoms with E-state index in [-0.39, 0.29) is 32.9 Å². The van der Waals surface area contributed by atoms with Crippen molar-refractivity contribution in [3.63, 3.8) is 0 Å². The number of hydrogen-bond donors (Lipinski definition) is 0. The van der Waals surface area contributed by atoms with Crippen LogP contribution in [0.25, 0.3) is 0 Å². The van der Waals surface area contributed by atoms with Crippen molar-refractivity contribution in [1.82, 2.24) is 0 Å². The normalized spacial score (nSPS) is 41.1. The molecule has 0 spiro atoms. The van der Waals surface area contributed by atoms with E-state index in [0.29, 0.717) is 0 Å². The van der Waals surface area contributed by atoms with Crippen molar-refractivity contribution in [2.45, 2.75) is 163 Å². The summed E-state index contributed by atoms with van der Waals surface area (Å²) in [4.78, 5) is 0. The van der Waals surface area contributed by atoms with E-state index in [1.165, 1.54) is 64.2 Å². The molecular formula is C42H60FeP2. The first-order chi connectivity index (χ1) is 21.6. The summed E-state index contributed by atoms with van der Waals surface area (Å²) in [6, 6.07) is 19.2. The first kappa shape index (κ1) is 32.3. The third kappa shape index (κ3) is 6.21. The summed E-state index contributed by atoms with van der Waals surface area (Å²) >= 11 is 0. The summed E-state index contributed by atoms with van der Waals surface area (Å²) in [6.07, 6.45) is 34.4. The van der Waals surface area contributed by atoms with Crippen molar-refractivity contribution in [1.29, 1.82) is 0 Å². The molecule has 12 rings (SSSR count). The molecular weight excluding hydrogens is 622 g/mol. The van der Waals surface area contributed by atoms with Gasteiger partial charge < -0.3 is 0 Å². The molecule has 0 aliphatic heterocycles.